The minimum atomic E-state index is 0.0860. The van der Waals surface area contributed by atoms with Crippen molar-refractivity contribution < 1.29 is 4.74 Å². The van der Waals surface area contributed by atoms with Crippen LogP contribution in [0.15, 0.2) is 36.5 Å². The van der Waals surface area contributed by atoms with Crippen LogP contribution in [0.2, 0.25) is 0 Å². The van der Waals surface area contributed by atoms with Gasteiger partial charge in [0.2, 0.25) is 0 Å². The Morgan fingerprint density at radius 1 is 1.28 bits per heavy atom. The molecule has 0 bridgehead atoms. The molecule has 1 atom stereocenters. The topological polar surface area (TPSA) is 74.2 Å². The fourth-order valence-corrected chi connectivity index (χ4v) is 2.26. The van der Waals surface area contributed by atoms with Crippen molar-refractivity contribution >= 4 is 5.82 Å². The van der Waals surface area contributed by atoms with Crippen molar-refractivity contribution in [3.63, 3.8) is 0 Å². The molecule has 1 unspecified atom stereocenters. The zero-order chi connectivity index (χ0) is 12.5. The Labute approximate surface area is 106 Å². The lowest BCUT2D eigenvalue weighted by Crippen LogP contribution is -2.24. The van der Waals surface area contributed by atoms with Crippen LogP contribution in [0.5, 0.6) is 5.75 Å². The standard InChI is InChI=1S/C14H15N3O/c15-7-11-6-9-2-1-3-12(14(9)18-11)10-4-5-13(16)17-8-10/h1-5,8,11H,6-7,15H2,(H2,16,17). The smallest absolute Gasteiger partial charge is 0.131 e. The lowest BCUT2D eigenvalue weighted by molar-refractivity contribution is 0.242. The van der Waals surface area contributed by atoms with E-state index in [-0.39, 0.29) is 6.10 Å². The Morgan fingerprint density at radius 2 is 2.17 bits per heavy atom. The summed E-state index contributed by atoms with van der Waals surface area (Å²) in [6.07, 6.45) is 2.73. The molecule has 0 saturated carbocycles. The summed E-state index contributed by atoms with van der Waals surface area (Å²) in [6.45, 7) is 0.536. The van der Waals surface area contributed by atoms with E-state index in [1.54, 1.807) is 12.3 Å². The fourth-order valence-electron chi connectivity index (χ4n) is 2.26. The lowest BCUT2D eigenvalue weighted by atomic mass is 10.0. The zero-order valence-corrected chi connectivity index (χ0v) is 9.97. The second kappa shape index (κ2) is 4.31. The van der Waals surface area contributed by atoms with Gasteiger partial charge in [0.1, 0.15) is 17.7 Å². The number of benzene rings is 1. The number of nitrogens with zero attached hydrogens (tertiary/aromatic N) is 1. The third-order valence-corrected chi connectivity index (χ3v) is 3.19. The van der Waals surface area contributed by atoms with Gasteiger partial charge in [-0.25, -0.2) is 4.98 Å². The molecule has 0 aliphatic carbocycles. The highest BCUT2D eigenvalue weighted by Crippen LogP contribution is 2.38. The third-order valence-electron chi connectivity index (χ3n) is 3.19. The number of aromatic nitrogens is 1. The number of rotatable bonds is 2. The van der Waals surface area contributed by atoms with Crippen LogP contribution in [0.3, 0.4) is 0 Å². The minimum absolute atomic E-state index is 0.0860. The molecular formula is C14H15N3O. The van der Waals surface area contributed by atoms with Crippen LogP contribution in [-0.2, 0) is 6.42 Å². The van der Waals surface area contributed by atoms with Gasteiger partial charge < -0.3 is 16.2 Å². The van der Waals surface area contributed by atoms with E-state index in [0.717, 1.165) is 23.3 Å². The van der Waals surface area contributed by atoms with Crippen molar-refractivity contribution in [3.8, 4) is 16.9 Å². The first kappa shape index (κ1) is 11.0. The largest absolute Gasteiger partial charge is 0.488 e. The Balaban J connectivity index is 2.05. The van der Waals surface area contributed by atoms with Gasteiger partial charge in [0.25, 0.3) is 0 Å². The van der Waals surface area contributed by atoms with Crippen LogP contribution in [0, 0.1) is 0 Å². The van der Waals surface area contributed by atoms with Crippen LogP contribution in [0.1, 0.15) is 5.56 Å². The second-order valence-electron chi connectivity index (χ2n) is 4.45. The van der Waals surface area contributed by atoms with E-state index in [1.807, 2.05) is 18.2 Å². The molecule has 0 saturated heterocycles. The Hall–Kier alpha value is -2.07. The molecule has 0 spiro atoms. The third kappa shape index (κ3) is 1.80. The lowest BCUT2D eigenvalue weighted by Gasteiger charge is -2.10. The number of hydrogen-bond acceptors (Lipinski definition) is 4. The first-order valence-electron chi connectivity index (χ1n) is 5.98. The van der Waals surface area contributed by atoms with Crippen molar-refractivity contribution in [3.05, 3.63) is 42.1 Å². The van der Waals surface area contributed by atoms with Crippen LogP contribution >= 0.6 is 0 Å². The summed E-state index contributed by atoms with van der Waals surface area (Å²) < 4.78 is 5.89. The number of fused-ring (bicyclic) bond motifs is 1. The summed E-state index contributed by atoms with van der Waals surface area (Å²) in [5.41, 5.74) is 14.5. The van der Waals surface area contributed by atoms with Crippen molar-refractivity contribution in [2.45, 2.75) is 12.5 Å². The maximum Gasteiger partial charge on any atom is 0.131 e. The van der Waals surface area contributed by atoms with Gasteiger partial charge in [-0.3, -0.25) is 0 Å². The molecule has 0 radical (unpaired) electrons. The predicted octanol–water partition coefficient (Wildman–Crippen LogP) is 1.59. The van der Waals surface area contributed by atoms with E-state index < -0.39 is 0 Å². The number of ether oxygens (including phenoxy) is 1. The summed E-state index contributed by atoms with van der Waals surface area (Å²) >= 11 is 0. The highest BCUT2D eigenvalue weighted by atomic mass is 16.5. The molecule has 2 aromatic rings. The molecule has 4 heteroatoms. The number of anilines is 1. The van der Waals surface area contributed by atoms with E-state index in [1.165, 1.54) is 5.56 Å². The van der Waals surface area contributed by atoms with Gasteiger partial charge >= 0.3 is 0 Å². The van der Waals surface area contributed by atoms with Crippen LogP contribution in [0.25, 0.3) is 11.1 Å². The van der Waals surface area contributed by atoms with Crippen LogP contribution in [0.4, 0.5) is 5.82 Å². The van der Waals surface area contributed by atoms with Gasteiger partial charge in [0.15, 0.2) is 0 Å². The van der Waals surface area contributed by atoms with E-state index in [0.29, 0.717) is 12.4 Å². The first-order chi connectivity index (χ1) is 8.78. The molecule has 18 heavy (non-hydrogen) atoms. The molecule has 3 rings (SSSR count). The molecule has 4 N–H and O–H groups in total. The highest BCUT2D eigenvalue weighted by Gasteiger charge is 2.24. The summed E-state index contributed by atoms with van der Waals surface area (Å²) in [5, 5.41) is 0. The first-order valence-corrected chi connectivity index (χ1v) is 5.98. The molecule has 1 aromatic heterocycles. The van der Waals surface area contributed by atoms with Gasteiger partial charge in [-0.15, -0.1) is 0 Å². The Bertz CT molecular complexity index is 566. The van der Waals surface area contributed by atoms with Gasteiger partial charge in [-0.2, -0.15) is 0 Å². The van der Waals surface area contributed by atoms with Crippen molar-refractivity contribution in [2.24, 2.45) is 5.73 Å². The number of hydrogen-bond donors (Lipinski definition) is 2. The van der Waals surface area contributed by atoms with Crippen molar-refractivity contribution in [1.82, 2.24) is 4.98 Å². The predicted molar refractivity (Wildman–Crippen MR) is 71.3 cm³/mol. The molecule has 2 heterocycles. The summed E-state index contributed by atoms with van der Waals surface area (Å²) in [4.78, 5) is 4.12. The minimum Gasteiger partial charge on any atom is -0.488 e. The number of nitrogens with two attached hydrogens (primary N) is 2. The zero-order valence-electron chi connectivity index (χ0n) is 9.97. The van der Waals surface area contributed by atoms with Gasteiger partial charge in [0.05, 0.1) is 0 Å². The summed E-state index contributed by atoms with van der Waals surface area (Å²) in [5.74, 6) is 1.45. The summed E-state index contributed by atoms with van der Waals surface area (Å²) in [6, 6.07) is 9.90. The summed E-state index contributed by atoms with van der Waals surface area (Å²) in [7, 11) is 0. The Kier molecular flexibility index (Phi) is 2.64. The highest BCUT2D eigenvalue weighted by molar-refractivity contribution is 5.73. The van der Waals surface area contributed by atoms with E-state index in [4.69, 9.17) is 16.2 Å². The number of pyridine rings is 1. The Morgan fingerprint density at radius 3 is 2.89 bits per heavy atom. The molecule has 0 amide bonds. The average molecular weight is 241 g/mol. The van der Waals surface area contributed by atoms with E-state index >= 15 is 0 Å². The number of nitrogen functional groups attached to an aromatic ring is 1. The van der Waals surface area contributed by atoms with E-state index in [9.17, 15) is 0 Å². The number of para-hydroxylation sites is 1. The van der Waals surface area contributed by atoms with Gasteiger partial charge in [-0.05, 0) is 17.7 Å². The van der Waals surface area contributed by atoms with Crippen molar-refractivity contribution in [1.29, 1.82) is 0 Å². The van der Waals surface area contributed by atoms with Crippen LogP contribution in [-0.4, -0.2) is 17.6 Å². The second-order valence-corrected chi connectivity index (χ2v) is 4.45. The quantitative estimate of drug-likeness (QED) is 0.837. The monoisotopic (exact) mass is 241 g/mol. The molecule has 92 valence electrons. The SMILES string of the molecule is NCC1Cc2cccc(-c3ccc(N)nc3)c2O1. The van der Waals surface area contributed by atoms with E-state index in [2.05, 4.69) is 11.1 Å². The maximum atomic E-state index is 5.89. The fraction of sp³-hybridized carbons (Fsp3) is 0.214. The molecule has 1 aliphatic heterocycles. The molecule has 1 aliphatic rings. The maximum absolute atomic E-state index is 5.89. The average Bonchev–Trinajstić information content (AvgIpc) is 2.82. The normalized spacial score (nSPS) is 17.3. The molecule has 0 fully saturated rings. The molecule has 4 nitrogen and oxygen atoms in total. The van der Waals surface area contributed by atoms with Gasteiger partial charge in [0, 0.05) is 30.3 Å². The molecular weight excluding hydrogens is 226 g/mol. The van der Waals surface area contributed by atoms with Gasteiger partial charge in [-0.1, -0.05) is 18.2 Å². The van der Waals surface area contributed by atoms with Crippen molar-refractivity contribution in [2.75, 3.05) is 12.3 Å². The molecule has 1 aromatic carbocycles. The van der Waals surface area contributed by atoms with Crippen LogP contribution < -0.4 is 16.2 Å².